The Bertz CT molecular complexity index is 723. The van der Waals surface area contributed by atoms with Crippen LogP contribution in [0.5, 0.6) is 0 Å². The standard InChI is InChI=1S/C11H9BrClN3O2S/c12-8-3-1-7(2-4-8)10-14-15-11(19(13,17)18)16(10)9-5-6-9/h1-4,9H,5-6H2. The van der Waals surface area contributed by atoms with Gasteiger partial charge in [0.05, 0.1) is 0 Å². The van der Waals surface area contributed by atoms with Crippen molar-refractivity contribution < 1.29 is 8.42 Å². The zero-order valence-electron chi connectivity index (χ0n) is 9.62. The van der Waals surface area contributed by atoms with Crippen molar-refractivity contribution in [1.82, 2.24) is 14.8 Å². The van der Waals surface area contributed by atoms with Crippen molar-refractivity contribution >= 4 is 35.7 Å². The summed E-state index contributed by atoms with van der Waals surface area (Å²) in [6.45, 7) is 0. The molecular weight excluding hydrogens is 354 g/mol. The molecule has 1 aliphatic rings. The lowest BCUT2D eigenvalue weighted by Crippen LogP contribution is -2.06. The molecule has 3 rings (SSSR count). The number of hydrogen-bond donors (Lipinski definition) is 0. The number of aromatic nitrogens is 3. The maximum absolute atomic E-state index is 11.5. The molecule has 1 fully saturated rings. The molecule has 1 heterocycles. The van der Waals surface area contributed by atoms with Crippen LogP contribution in [0.3, 0.4) is 0 Å². The molecule has 0 radical (unpaired) electrons. The Hall–Kier alpha value is -0.920. The first-order chi connectivity index (χ1) is 8.97. The van der Waals surface area contributed by atoms with E-state index in [1.807, 2.05) is 24.3 Å². The SMILES string of the molecule is O=S(=O)(Cl)c1nnc(-c2ccc(Br)cc2)n1C1CC1. The van der Waals surface area contributed by atoms with Crippen LogP contribution in [0.15, 0.2) is 33.9 Å². The minimum Gasteiger partial charge on any atom is -0.294 e. The maximum Gasteiger partial charge on any atom is 0.296 e. The zero-order chi connectivity index (χ0) is 13.6. The predicted molar refractivity (Wildman–Crippen MR) is 74.5 cm³/mol. The Kier molecular flexibility index (Phi) is 3.15. The van der Waals surface area contributed by atoms with Gasteiger partial charge in [0.25, 0.3) is 14.2 Å². The van der Waals surface area contributed by atoms with E-state index in [9.17, 15) is 8.42 Å². The average Bonchev–Trinajstić information content (AvgIpc) is 3.07. The van der Waals surface area contributed by atoms with Gasteiger partial charge in [-0.15, -0.1) is 10.2 Å². The minimum absolute atomic E-state index is 0.122. The van der Waals surface area contributed by atoms with Crippen molar-refractivity contribution in [1.29, 1.82) is 0 Å². The highest BCUT2D eigenvalue weighted by Crippen LogP contribution is 2.40. The van der Waals surface area contributed by atoms with Gasteiger partial charge in [0.15, 0.2) is 5.82 Å². The molecule has 0 unspecified atom stereocenters. The van der Waals surface area contributed by atoms with Gasteiger partial charge in [0.2, 0.25) is 0 Å². The Morgan fingerprint density at radius 2 is 1.84 bits per heavy atom. The molecule has 1 aromatic heterocycles. The van der Waals surface area contributed by atoms with Crippen molar-refractivity contribution in [3.63, 3.8) is 0 Å². The highest BCUT2D eigenvalue weighted by Gasteiger charge is 2.34. The summed E-state index contributed by atoms with van der Waals surface area (Å²) < 4.78 is 25.6. The van der Waals surface area contributed by atoms with Crippen LogP contribution in [0.25, 0.3) is 11.4 Å². The van der Waals surface area contributed by atoms with Crippen molar-refractivity contribution in [2.24, 2.45) is 0 Å². The molecule has 2 aromatic rings. The van der Waals surface area contributed by atoms with Gasteiger partial charge in [0.1, 0.15) is 0 Å². The molecule has 0 amide bonds. The predicted octanol–water partition coefficient (Wildman–Crippen LogP) is 2.97. The summed E-state index contributed by atoms with van der Waals surface area (Å²) in [4.78, 5) is 0. The second kappa shape index (κ2) is 4.57. The van der Waals surface area contributed by atoms with Crippen LogP contribution in [0, 0.1) is 0 Å². The molecule has 0 bridgehead atoms. The summed E-state index contributed by atoms with van der Waals surface area (Å²) in [6, 6.07) is 7.58. The monoisotopic (exact) mass is 361 g/mol. The lowest BCUT2D eigenvalue weighted by molar-refractivity contribution is 0.579. The third-order valence-electron chi connectivity index (χ3n) is 2.90. The van der Waals surface area contributed by atoms with Crippen LogP contribution in [0.1, 0.15) is 18.9 Å². The molecule has 19 heavy (non-hydrogen) atoms. The van der Waals surface area contributed by atoms with Crippen LogP contribution in [0.4, 0.5) is 0 Å². The molecule has 8 heteroatoms. The first-order valence-electron chi connectivity index (χ1n) is 5.62. The first-order valence-corrected chi connectivity index (χ1v) is 8.72. The Labute approximate surface area is 123 Å². The van der Waals surface area contributed by atoms with E-state index < -0.39 is 9.05 Å². The van der Waals surface area contributed by atoms with Crippen LogP contribution in [-0.4, -0.2) is 23.2 Å². The number of halogens is 2. The van der Waals surface area contributed by atoms with Crippen LogP contribution >= 0.6 is 26.6 Å². The van der Waals surface area contributed by atoms with Crippen LogP contribution in [0.2, 0.25) is 0 Å². The van der Waals surface area contributed by atoms with Crippen LogP contribution in [-0.2, 0) is 9.05 Å². The number of rotatable bonds is 3. The summed E-state index contributed by atoms with van der Waals surface area (Å²) in [7, 11) is 1.52. The molecule has 1 aromatic carbocycles. The van der Waals surface area contributed by atoms with Gasteiger partial charge in [-0.05, 0) is 25.0 Å². The highest BCUT2D eigenvalue weighted by atomic mass is 79.9. The Balaban J connectivity index is 2.17. The number of hydrogen-bond acceptors (Lipinski definition) is 4. The largest absolute Gasteiger partial charge is 0.296 e. The number of nitrogens with zero attached hydrogens (tertiary/aromatic N) is 3. The second-order valence-electron chi connectivity index (χ2n) is 4.35. The molecule has 100 valence electrons. The van der Waals surface area contributed by atoms with Gasteiger partial charge >= 0.3 is 0 Å². The average molecular weight is 363 g/mol. The molecule has 0 spiro atoms. The van der Waals surface area contributed by atoms with Gasteiger partial charge < -0.3 is 0 Å². The first kappa shape index (κ1) is 13.1. The van der Waals surface area contributed by atoms with Gasteiger partial charge in [-0.3, -0.25) is 4.57 Å². The molecule has 1 aliphatic carbocycles. The topological polar surface area (TPSA) is 64.8 Å². The van der Waals surface area contributed by atoms with Crippen molar-refractivity contribution in [3.05, 3.63) is 28.7 Å². The fourth-order valence-corrected chi connectivity index (χ4v) is 3.09. The molecule has 0 saturated heterocycles. The highest BCUT2D eigenvalue weighted by molar-refractivity contribution is 9.10. The fourth-order valence-electron chi connectivity index (χ4n) is 1.90. The van der Waals surface area contributed by atoms with E-state index in [1.165, 1.54) is 0 Å². The quantitative estimate of drug-likeness (QED) is 0.787. The van der Waals surface area contributed by atoms with E-state index in [-0.39, 0.29) is 11.2 Å². The Morgan fingerprint density at radius 1 is 1.21 bits per heavy atom. The summed E-state index contributed by atoms with van der Waals surface area (Å²) >= 11 is 3.35. The summed E-state index contributed by atoms with van der Waals surface area (Å²) in [5, 5.41) is 7.53. The molecular formula is C11H9BrClN3O2S. The maximum atomic E-state index is 11.5. The normalized spacial score (nSPS) is 15.7. The second-order valence-corrected chi connectivity index (χ2v) is 7.73. The van der Waals surface area contributed by atoms with Gasteiger partial charge in [-0.1, -0.05) is 28.1 Å². The molecule has 0 N–H and O–H groups in total. The van der Waals surface area contributed by atoms with E-state index >= 15 is 0 Å². The van der Waals surface area contributed by atoms with Gasteiger partial charge in [0, 0.05) is 26.8 Å². The van der Waals surface area contributed by atoms with E-state index in [2.05, 4.69) is 26.1 Å². The third kappa shape index (κ3) is 2.54. The van der Waals surface area contributed by atoms with Crippen molar-refractivity contribution in [2.75, 3.05) is 0 Å². The van der Waals surface area contributed by atoms with Crippen molar-refractivity contribution in [2.45, 2.75) is 24.0 Å². The molecule has 1 saturated carbocycles. The van der Waals surface area contributed by atoms with Crippen LogP contribution < -0.4 is 0 Å². The van der Waals surface area contributed by atoms with Gasteiger partial charge in [-0.2, -0.15) is 0 Å². The summed E-state index contributed by atoms with van der Waals surface area (Å²) in [5.74, 6) is 0.536. The third-order valence-corrected chi connectivity index (χ3v) is 4.55. The van der Waals surface area contributed by atoms with Crippen molar-refractivity contribution in [3.8, 4) is 11.4 Å². The lowest BCUT2D eigenvalue weighted by atomic mass is 10.2. The fraction of sp³-hybridized carbons (Fsp3) is 0.273. The zero-order valence-corrected chi connectivity index (χ0v) is 12.8. The summed E-state index contributed by atoms with van der Waals surface area (Å²) in [5.41, 5.74) is 0.814. The van der Waals surface area contributed by atoms with E-state index in [1.54, 1.807) is 4.57 Å². The molecule has 0 atom stereocenters. The minimum atomic E-state index is -3.88. The van der Waals surface area contributed by atoms with E-state index in [0.29, 0.717) is 5.82 Å². The smallest absolute Gasteiger partial charge is 0.294 e. The van der Waals surface area contributed by atoms with E-state index in [4.69, 9.17) is 10.7 Å². The molecule has 5 nitrogen and oxygen atoms in total. The lowest BCUT2D eigenvalue weighted by Gasteiger charge is -2.07. The Morgan fingerprint density at radius 3 is 2.37 bits per heavy atom. The van der Waals surface area contributed by atoms with E-state index in [0.717, 1.165) is 22.9 Å². The van der Waals surface area contributed by atoms with Gasteiger partial charge in [-0.25, -0.2) is 8.42 Å². The summed E-state index contributed by atoms with van der Waals surface area (Å²) in [6.07, 6.45) is 1.84. The number of benzene rings is 1. The molecule has 0 aliphatic heterocycles.